The first-order chi connectivity index (χ1) is 4.47. The highest BCUT2D eigenvalue weighted by Gasteiger charge is 2.30. The summed E-state index contributed by atoms with van der Waals surface area (Å²) < 4.78 is 10.5. The van der Waals surface area contributed by atoms with Crippen molar-refractivity contribution in [3.8, 4) is 0 Å². The van der Waals surface area contributed by atoms with Crippen molar-refractivity contribution in [2.45, 2.75) is 18.6 Å². The van der Waals surface area contributed by atoms with Gasteiger partial charge >= 0.3 is 0 Å². The average Bonchev–Trinajstić information content (AvgIpc) is 2.33. The third-order valence-corrected chi connectivity index (χ3v) is 1.95. The Bertz CT molecular complexity index is 95.2. The molecule has 0 aromatic rings. The highest BCUT2D eigenvalue weighted by atomic mass is 16.5. The quantitative estimate of drug-likeness (QED) is 0.488. The summed E-state index contributed by atoms with van der Waals surface area (Å²) in [5.41, 5.74) is 0. The maximum Gasteiger partial charge on any atom is 0.0980 e. The van der Waals surface area contributed by atoms with Crippen LogP contribution in [-0.4, -0.2) is 32.1 Å². The molecular weight excluding hydrogens is 118 g/mol. The zero-order valence-corrected chi connectivity index (χ0v) is 5.30. The zero-order valence-electron chi connectivity index (χ0n) is 5.30. The number of nitrogens with one attached hydrogen (secondary N) is 1. The van der Waals surface area contributed by atoms with E-state index < -0.39 is 0 Å². The van der Waals surface area contributed by atoms with Crippen molar-refractivity contribution in [3.05, 3.63) is 0 Å². The predicted octanol–water partition coefficient (Wildman–Crippen LogP) is -0.279. The molecule has 2 heterocycles. The molecule has 3 heteroatoms. The Hall–Kier alpha value is -0.120. The standard InChI is InChI=1S/C6H11NO2/c1-2-8-3-6-5(1)7-4-9-6/h5-7H,1-4H2. The van der Waals surface area contributed by atoms with Gasteiger partial charge in [0.05, 0.1) is 19.4 Å². The van der Waals surface area contributed by atoms with Crippen molar-refractivity contribution in [2.75, 3.05) is 19.9 Å². The van der Waals surface area contributed by atoms with Crippen LogP contribution >= 0.6 is 0 Å². The van der Waals surface area contributed by atoms with Gasteiger partial charge in [-0.2, -0.15) is 0 Å². The summed E-state index contributed by atoms with van der Waals surface area (Å²) in [5, 5.41) is 3.26. The van der Waals surface area contributed by atoms with E-state index in [-0.39, 0.29) is 0 Å². The Morgan fingerprint density at radius 2 is 2.44 bits per heavy atom. The van der Waals surface area contributed by atoms with Crippen LogP contribution in [0.4, 0.5) is 0 Å². The summed E-state index contributed by atoms with van der Waals surface area (Å²) >= 11 is 0. The first-order valence-corrected chi connectivity index (χ1v) is 3.39. The van der Waals surface area contributed by atoms with E-state index in [1.54, 1.807) is 0 Å². The molecule has 9 heavy (non-hydrogen) atoms. The number of hydrogen-bond donors (Lipinski definition) is 1. The van der Waals surface area contributed by atoms with Crippen LogP contribution in [0.2, 0.25) is 0 Å². The third kappa shape index (κ3) is 0.956. The molecule has 2 aliphatic rings. The van der Waals surface area contributed by atoms with Crippen molar-refractivity contribution in [2.24, 2.45) is 0 Å². The lowest BCUT2D eigenvalue weighted by molar-refractivity contribution is -0.0185. The van der Waals surface area contributed by atoms with Gasteiger partial charge in [-0.3, -0.25) is 5.32 Å². The van der Waals surface area contributed by atoms with Gasteiger partial charge in [-0.25, -0.2) is 0 Å². The Labute approximate surface area is 54.3 Å². The van der Waals surface area contributed by atoms with E-state index in [0.717, 1.165) is 19.6 Å². The number of ether oxygens (including phenoxy) is 2. The number of rotatable bonds is 0. The van der Waals surface area contributed by atoms with Crippen LogP contribution in [0, 0.1) is 0 Å². The van der Waals surface area contributed by atoms with Gasteiger partial charge in [-0.1, -0.05) is 0 Å². The van der Waals surface area contributed by atoms with Crippen LogP contribution in [-0.2, 0) is 9.47 Å². The maximum absolute atomic E-state index is 5.32. The SMILES string of the molecule is C1CC2NCOC2CO1. The summed E-state index contributed by atoms with van der Waals surface area (Å²) in [6, 6.07) is 0.568. The molecule has 0 spiro atoms. The van der Waals surface area contributed by atoms with E-state index >= 15 is 0 Å². The molecule has 2 atom stereocenters. The fourth-order valence-corrected chi connectivity index (χ4v) is 1.37. The molecule has 0 bridgehead atoms. The lowest BCUT2D eigenvalue weighted by Gasteiger charge is -2.22. The van der Waals surface area contributed by atoms with E-state index in [2.05, 4.69) is 5.32 Å². The van der Waals surface area contributed by atoms with E-state index in [9.17, 15) is 0 Å². The van der Waals surface area contributed by atoms with Crippen LogP contribution in [0.25, 0.3) is 0 Å². The molecule has 0 aromatic heterocycles. The predicted molar refractivity (Wildman–Crippen MR) is 32.1 cm³/mol. The van der Waals surface area contributed by atoms with Crippen LogP contribution in [0.1, 0.15) is 6.42 Å². The Morgan fingerprint density at radius 3 is 3.33 bits per heavy atom. The summed E-state index contributed by atoms with van der Waals surface area (Å²) in [5.74, 6) is 0. The monoisotopic (exact) mass is 129 g/mol. The molecule has 0 saturated carbocycles. The minimum atomic E-state index is 0.332. The second-order valence-electron chi connectivity index (χ2n) is 2.52. The van der Waals surface area contributed by atoms with Gasteiger partial charge in [-0.05, 0) is 6.42 Å². The van der Waals surface area contributed by atoms with Crippen molar-refractivity contribution in [3.63, 3.8) is 0 Å². The minimum absolute atomic E-state index is 0.332. The molecule has 1 N–H and O–H groups in total. The van der Waals surface area contributed by atoms with Crippen molar-refractivity contribution in [1.29, 1.82) is 0 Å². The lowest BCUT2D eigenvalue weighted by Crippen LogP contribution is -2.38. The van der Waals surface area contributed by atoms with Gasteiger partial charge in [-0.15, -0.1) is 0 Å². The highest BCUT2D eigenvalue weighted by molar-refractivity contribution is 4.83. The first-order valence-electron chi connectivity index (χ1n) is 3.39. The molecule has 0 radical (unpaired) electrons. The van der Waals surface area contributed by atoms with Gasteiger partial charge in [0, 0.05) is 12.6 Å². The second-order valence-corrected chi connectivity index (χ2v) is 2.52. The molecule has 0 aliphatic carbocycles. The summed E-state index contributed by atoms with van der Waals surface area (Å²) in [6.45, 7) is 2.37. The van der Waals surface area contributed by atoms with E-state index in [1.807, 2.05) is 0 Å². The normalized spacial score (nSPS) is 42.7. The Balaban J connectivity index is 1.97. The number of fused-ring (bicyclic) bond motifs is 1. The molecule has 2 fully saturated rings. The van der Waals surface area contributed by atoms with Crippen molar-refractivity contribution >= 4 is 0 Å². The second kappa shape index (κ2) is 2.25. The molecule has 2 rings (SSSR count). The summed E-state index contributed by atoms with van der Waals surface area (Å²) in [4.78, 5) is 0. The van der Waals surface area contributed by atoms with Crippen molar-refractivity contribution in [1.82, 2.24) is 5.32 Å². The zero-order chi connectivity index (χ0) is 6.10. The van der Waals surface area contributed by atoms with E-state index in [0.29, 0.717) is 18.9 Å². The smallest absolute Gasteiger partial charge is 0.0980 e. The van der Waals surface area contributed by atoms with Gasteiger partial charge in [0.1, 0.15) is 0 Å². The number of hydrogen-bond acceptors (Lipinski definition) is 3. The third-order valence-electron chi connectivity index (χ3n) is 1.95. The Morgan fingerprint density at radius 1 is 1.44 bits per heavy atom. The molecule has 2 saturated heterocycles. The fraction of sp³-hybridized carbons (Fsp3) is 1.00. The van der Waals surface area contributed by atoms with Crippen LogP contribution in [0.5, 0.6) is 0 Å². The molecule has 0 amide bonds. The molecule has 52 valence electrons. The van der Waals surface area contributed by atoms with Crippen LogP contribution < -0.4 is 5.32 Å². The molecular formula is C6H11NO2. The van der Waals surface area contributed by atoms with Gasteiger partial charge in [0.25, 0.3) is 0 Å². The van der Waals surface area contributed by atoms with Gasteiger partial charge in [0.2, 0.25) is 0 Å². The molecule has 3 nitrogen and oxygen atoms in total. The van der Waals surface area contributed by atoms with E-state index in [4.69, 9.17) is 9.47 Å². The van der Waals surface area contributed by atoms with E-state index in [1.165, 1.54) is 0 Å². The maximum atomic E-state index is 5.32. The molecule has 2 aliphatic heterocycles. The topological polar surface area (TPSA) is 30.5 Å². The van der Waals surface area contributed by atoms with Crippen LogP contribution in [0.15, 0.2) is 0 Å². The molecule has 2 unspecified atom stereocenters. The summed E-state index contributed by atoms with van der Waals surface area (Å²) in [6.07, 6.45) is 1.43. The minimum Gasteiger partial charge on any atom is -0.379 e. The average molecular weight is 129 g/mol. The van der Waals surface area contributed by atoms with Crippen molar-refractivity contribution < 1.29 is 9.47 Å². The Kier molecular flexibility index (Phi) is 1.41. The highest BCUT2D eigenvalue weighted by Crippen LogP contribution is 2.14. The molecule has 0 aromatic carbocycles. The van der Waals surface area contributed by atoms with Crippen LogP contribution in [0.3, 0.4) is 0 Å². The first kappa shape index (κ1) is 5.65. The van der Waals surface area contributed by atoms with Gasteiger partial charge in [0.15, 0.2) is 0 Å². The van der Waals surface area contributed by atoms with Gasteiger partial charge < -0.3 is 9.47 Å². The summed E-state index contributed by atoms with van der Waals surface area (Å²) in [7, 11) is 0. The largest absolute Gasteiger partial charge is 0.379 e. The lowest BCUT2D eigenvalue weighted by atomic mass is 10.1. The fourth-order valence-electron chi connectivity index (χ4n) is 1.37.